The minimum Gasteiger partial charge on any atom is -0.395 e. The molecule has 4 heteroatoms. The van der Waals surface area contributed by atoms with E-state index in [2.05, 4.69) is 53.8 Å². The summed E-state index contributed by atoms with van der Waals surface area (Å²) < 4.78 is 0. The molecule has 3 nitrogen and oxygen atoms in total. The van der Waals surface area contributed by atoms with E-state index in [1.807, 2.05) is 0 Å². The van der Waals surface area contributed by atoms with Crippen LogP contribution in [0.5, 0.6) is 0 Å². The smallest absolute Gasteiger partial charge is 0.0985 e. The lowest BCUT2D eigenvalue weighted by molar-refractivity contribution is 0.202. The third-order valence-electron chi connectivity index (χ3n) is 3.33. The summed E-state index contributed by atoms with van der Waals surface area (Å²) >= 11 is 1.78. The van der Waals surface area contributed by atoms with Crippen molar-refractivity contribution >= 4 is 11.3 Å². The molecule has 0 amide bonds. The monoisotopic (exact) mass is 284 g/mol. The molecule has 0 fully saturated rings. The maximum absolute atomic E-state index is 9.42. The number of aliphatic hydroxyl groups is 1. The molecular formula is C15H28N2OS. The lowest BCUT2D eigenvalue weighted by Gasteiger charge is -2.24. The molecule has 19 heavy (non-hydrogen) atoms. The summed E-state index contributed by atoms with van der Waals surface area (Å²) in [5.41, 5.74) is 1.21. The molecule has 1 aromatic rings. The van der Waals surface area contributed by atoms with E-state index in [1.165, 1.54) is 9.88 Å². The number of thiazole rings is 1. The molecule has 110 valence electrons. The lowest BCUT2D eigenvalue weighted by Crippen LogP contribution is -2.38. The van der Waals surface area contributed by atoms with Gasteiger partial charge in [-0.3, -0.25) is 0 Å². The molecule has 1 unspecified atom stereocenters. The number of rotatable bonds is 5. The van der Waals surface area contributed by atoms with Gasteiger partial charge in [0.1, 0.15) is 0 Å². The van der Waals surface area contributed by atoms with Crippen LogP contribution in [0.2, 0.25) is 0 Å². The van der Waals surface area contributed by atoms with Crippen LogP contribution in [0.25, 0.3) is 0 Å². The summed E-state index contributed by atoms with van der Waals surface area (Å²) in [7, 11) is 0. The summed E-state index contributed by atoms with van der Waals surface area (Å²) in [6.07, 6.45) is 0. The second kappa shape index (κ2) is 6.33. The first-order chi connectivity index (χ1) is 8.66. The molecule has 0 aliphatic carbocycles. The number of aromatic nitrogens is 1. The molecule has 0 bridgehead atoms. The molecule has 0 aromatic carbocycles. The third kappa shape index (κ3) is 4.26. The Morgan fingerprint density at radius 2 is 1.84 bits per heavy atom. The van der Waals surface area contributed by atoms with Gasteiger partial charge in [-0.15, -0.1) is 11.3 Å². The molecule has 1 heterocycles. The van der Waals surface area contributed by atoms with Crippen LogP contribution in [0.4, 0.5) is 0 Å². The molecule has 0 radical (unpaired) electrons. The van der Waals surface area contributed by atoms with Gasteiger partial charge >= 0.3 is 0 Å². The first-order valence-electron chi connectivity index (χ1n) is 7.01. The second-order valence-corrected chi connectivity index (χ2v) is 7.67. The van der Waals surface area contributed by atoms with Crippen molar-refractivity contribution in [3.05, 3.63) is 15.6 Å². The Morgan fingerprint density at radius 1 is 1.26 bits per heavy atom. The van der Waals surface area contributed by atoms with Crippen molar-refractivity contribution < 1.29 is 5.11 Å². The molecule has 1 rings (SSSR count). The highest BCUT2D eigenvalue weighted by Gasteiger charge is 2.24. The minimum absolute atomic E-state index is 0.0990. The molecule has 0 aliphatic rings. The van der Waals surface area contributed by atoms with Crippen molar-refractivity contribution in [2.45, 2.75) is 66.0 Å². The van der Waals surface area contributed by atoms with Gasteiger partial charge in [-0.05, 0) is 19.8 Å². The Morgan fingerprint density at radius 3 is 2.21 bits per heavy atom. The number of aliphatic hydroxyl groups excluding tert-OH is 1. The molecule has 0 saturated heterocycles. The summed E-state index contributed by atoms with van der Waals surface area (Å²) in [6.45, 7) is 15.2. The molecule has 0 aliphatic heterocycles. The van der Waals surface area contributed by atoms with Gasteiger partial charge < -0.3 is 10.4 Å². The number of hydrogen-bond acceptors (Lipinski definition) is 4. The fourth-order valence-corrected chi connectivity index (χ4v) is 3.12. The minimum atomic E-state index is 0.0990. The SMILES string of the molecule is Cc1nc(C(C)(C)C)sc1C(C)N[C@H](CO)C(C)C. The van der Waals surface area contributed by atoms with Crippen molar-refractivity contribution in [1.29, 1.82) is 0 Å². The van der Waals surface area contributed by atoms with Crippen LogP contribution in [0.1, 0.15) is 63.2 Å². The normalized spacial score (nSPS) is 15.8. The Labute approximate surface area is 121 Å². The highest BCUT2D eigenvalue weighted by molar-refractivity contribution is 7.12. The Balaban J connectivity index is 2.88. The number of hydrogen-bond donors (Lipinski definition) is 2. The van der Waals surface area contributed by atoms with E-state index >= 15 is 0 Å². The predicted octanol–water partition coefficient (Wildman–Crippen LogP) is 3.42. The Bertz CT molecular complexity index is 407. The topological polar surface area (TPSA) is 45.2 Å². The van der Waals surface area contributed by atoms with Crippen molar-refractivity contribution in [2.75, 3.05) is 6.61 Å². The van der Waals surface area contributed by atoms with Gasteiger partial charge in [-0.1, -0.05) is 34.6 Å². The van der Waals surface area contributed by atoms with Gasteiger partial charge in [-0.25, -0.2) is 4.98 Å². The van der Waals surface area contributed by atoms with E-state index in [0.717, 1.165) is 5.69 Å². The average molecular weight is 284 g/mol. The maximum Gasteiger partial charge on any atom is 0.0985 e. The van der Waals surface area contributed by atoms with E-state index in [0.29, 0.717) is 5.92 Å². The molecule has 0 spiro atoms. The zero-order valence-electron chi connectivity index (χ0n) is 13.2. The van der Waals surface area contributed by atoms with E-state index in [-0.39, 0.29) is 24.1 Å². The van der Waals surface area contributed by atoms with E-state index in [9.17, 15) is 5.11 Å². The van der Waals surface area contributed by atoms with Crippen LogP contribution in [-0.2, 0) is 5.41 Å². The van der Waals surface area contributed by atoms with Crippen molar-refractivity contribution in [1.82, 2.24) is 10.3 Å². The van der Waals surface area contributed by atoms with Crippen LogP contribution in [0.3, 0.4) is 0 Å². The molecule has 2 N–H and O–H groups in total. The number of aryl methyl sites for hydroxylation is 1. The predicted molar refractivity (Wildman–Crippen MR) is 82.8 cm³/mol. The Kier molecular flexibility index (Phi) is 5.53. The first-order valence-corrected chi connectivity index (χ1v) is 7.83. The van der Waals surface area contributed by atoms with Crippen molar-refractivity contribution in [2.24, 2.45) is 5.92 Å². The van der Waals surface area contributed by atoms with Crippen LogP contribution in [0, 0.1) is 12.8 Å². The lowest BCUT2D eigenvalue weighted by atomic mass is 9.98. The number of nitrogens with zero attached hydrogens (tertiary/aromatic N) is 1. The van der Waals surface area contributed by atoms with Gasteiger partial charge in [-0.2, -0.15) is 0 Å². The van der Waals surface area contributed by atoms with E-state index in [4.69, 9.17) is 4.98 Å². The summed E-state index contributed by atoms with van der Waals surface area (Å²) in [5.74, 6) is 0.419. The van der Waals surface area contributed by atoms with Gasteiger partial charge in [0, 0.05) is 22.4 Å². The zero-order chi connectivity index (χ0) is 14.8. The fourth-order valence-electron chi connectivity index (χ4n) is 1.98. The second-order valence-electron chi connectivity index (χ2n) is 6.64. The van der Waals surface area contributed by atoms with Crippen LogP contribution < -0.4 is 5.32 Å². The third-order valence-corrected chi connectivity index (χ3v) is 5.10. The Hall–Kier alpha value is -0.450. The summed E-state index contributed by atoms with van der Waals surface area (Å²) in [5, 5.41) is 14.1. The van der Waals surface area contributed by atoms with Crippen molar-refractivity contribution in [3.8, 4) is 0 Å². The fraction of sp³-hybridized carbons (Fsp3) is 0.800. The van der Waals surface area contributed by atoms with Crippen LogP contribution in [-0.4, -0.2) is 22.7 Å². The molecule has 1 aromatic heterocycles. The largest absolute Gasteiger partial charge is 0.395 e. The highest BCUT2D eigenvalue weighted by atomic mass is 32.1. The van der Waals surface area contributed by atoms with Gasteiger partial charge in [0.15, 0.2) is 0 Å². The zero-order valence-corrected chi connectivity index (χ0v) is 14.1. The highest BCUT2D eigenvalue weighted by Crippen LogP contribution is 2.32. The van der Waals surface area contributed by atoms with Gasteiger partial charge in [0.25, 0.3) is 0 Å². The van der Waals surface area contributed by atoms with Crippen LogP contribution in [0.15, 0.2) is 0 Å². The van der Waals surface area contributed by atoms with Crippen LogP contribution >= 0.6 is 11.3 Å². The van der Waals surface area contributed by atoms with E-state index in [1.54, 1.807) is 11.3 Å². The molecule has 2 atom stereocenters. The maximum atomic E-state index is 9.42. The van der Waals surface area contributed by atoms with Crippen molar-refractivity contribution in [3.63, 3.8) is 0 Å². The molecular weight excluding hydrogens is 256 g/mol. The molecule has 0 saturated carbocycles. The van der Waals surface area contributed by atoms with Gasteiger partial charge in [0.05, 0.1) is 17.3 Å². The van der Waals surface area contributed by atoms with E-state index < -0.39 is 0 Å². The summed E-state index contributed by atoms with van der Waals surface area (Å²) in [4.78, 5) is 5.98. The first kappa shape index (κ1) is 16.6. The van der Waals surface area contributed by atoms with Gasteiger partial charge in [0.2, 0.25) is 0 Å². The number of nitrogens with one attached hydrogen (secondary N) is 1. The standard InChI is InChI=1S/C15H28N2OS/c1-9(2)12(8-18)16-10(3)13-11(4)17-14(19-13)15(5,6)7/h9-10,12,16,18H,8H2,1-7H3/t10?,12-/m1/s1. The average Bonchev–Trinajstić information content (AvgIpc) is 2.67. The quantitative estimate of drug-likeness (QED) is 0.871. The summed E-state index contributed by atoms with van der Waals surface area (Å²) in [6, 6.07) is 0.364.